The molecule has 0 saturated heterocycles. The molecule has 6 heteroatoms. The summed E-state index contributed by atoms with van der Waals surface area (Å²) < 4.78 is 24.2. The van der Waals surface area contributed by atoms with Crippen LogP contribution < -0.4 is 10.1 Å². The largest absolute Gasteiger partial charge is 0.497 e. The topological polar surface area (TPSA) is 34.4 Å². The number of hydrogen-bond donors (Lipinski definition) is 1. The summed E-state index contributed by atoms with van der Waals surface area (Å²) >= 11 is 5.81. The van der Waals surface area contributed by atoms with Crippen LogP contribution in [0.4, 0.5) is 4.39 Å². The fraction of sp³-hybridized carbons (Fsp3) is 0.200. The van der Waals surface area contributed by atoms with Gasteiger partial charge in [-0.1, -0.05) is 23.7 Å². The standard InChI is InChI=1S/C20H19ClFNO2.ClH/c1-24-16-5-2-14(3-6-16)10-11-23-13-17-7-9-20(25-17)15-4-8-19(22)18(21)12-15;/h2-9,12,23H,10-11,13H2,1H3;1H. The second-order valence-electron chi connectivity index (χ2n) is 5.67. The summed E-state index contributed by atoms with van der Waals surface area (Å²) in [5.74, 6) is 1.93. The Hall–Kier alpha value is -2.01. The summed E-state index contributed by atoms with van der Waals surface area (Å²) in [4.78, 5) is 0. The van der Waals surface area contributed by atoms with Gasteiger partial charge in [-0.05, 0) is 61.0 Å². The number of rotatable bonds is 7. The first-order valence-electron chi connectivity index (χ1n) is 8.03. The van der Waals surface area contributed by atoms with Gasteiger partial charge in [-0.25, -0.2) is 4.39 Å². The zero-order chi connectivity index (χ0) is 17.6. The maximum Gasteiger partial charge on any atom is 0.141 e. The van der Waals surface area contributed by atoms with Gasteiger partial charge in [-0.3, -0.25) is 0 Å². The molecule has 2 aromatic carbocycles. The van der Waals surface area contributed by atoms with Gasteiger partial charge in [0.05, 0.1) is 18.7 Å². The Bertz CT molecular complexity index is 834. The molecular weight excluding hydrogens is 376 g/mol. The Balaban J connectivity index is 0.00000243. The minimum Gasteiger partial charge on any atom is -0.497 e. The average molecular weight is 396 g/mol. The number of hydrogen-bond acceptors (Lipinski definition) is 3. The predicted molar refractivity (Wildman–Crippen MR) is 105 cm³/mol. The van der Waals surface area contributed by atoms with Gasteiger partial charge >= 0.3 is 0 Å². The van der Waals surface area contributed by atoms with Gasteiger partial charge < -0.3 is 14.5 Å². The molecule has 1 aromatic heterocycles. The van der Waals surface area contributed by atoms with Crippen molar-refractivity contribution in [1.82, 2.24) is 5.32 Å². The van der Waals surface area contributed by atoms with E-state index >= 15 is 0 Å². The molecular formula is C20H20Cl2FNO2. The van der Waals surface area contributed by atoms with E-state index in [-0.39, 0.29) is 17.4 Å². The van der Waals surface area contributed by atoms with Crippen LogP contribution in [0, 0.1) is 5.82 Å². The smallest absolute Gasteiger partial charge is 0.141 e. The third-order valence-corrected chi connectivity index (χ3v) is 4.20. The molecule has 0 amide bonds. The molecule has 0 fully saturated rings. The molecule has 0 spiro atoms. The zero-order valence-corrected chi connectivity index (χ0v) is 15.9. The highest BCUT2D eigenvalue weighted by atomic mass is 35.5. The second kappa shape index (κ2) is 9.62. The first kappa shape index (κ1) is 20.3. The summed E-state index contributed by atoms with van der Waals surface area (Å²) in [5.41, 5.74) is 2.00. The highest BCUT2D eigenvalue weighted by Crippen LogP contribution is 2.26. The van der Waals surface area contributed by atoms with E-state index in [0.29, 0.717) is 12.3 Å². The predicted octanol–water partition coefficient (Wildman–Crippen LogP) is 5.50. The van der Waals surface area contributed by atoms with Gasteiger partial charge in [-0.15, -0.1) is 12.4 Å². The Morgan fingerprint density at radius 1 is 1.08 bits per heavy atom. The second-order valence-corrected chi connectivity index (χ2v) is 6.08. The van der Waals surface area contributed by atoms with Gasteiger partial charge in [0.2, 0.25) is 0 Å². The molecule has 0 bridgehead atoms. The highest BCUT2D eigenvalue weighted by Gasteiger charge is 2.07. The van der Waals surface area contributed by atoms with E-state index in [1.807, 2.05) is 24.3 Å². The van der Waals surface area contributed by atoms with Crippen LogP contribution in [0.25, 0.3) is 11.3 Å². The summed E-state index contributed by atoms with van der Waals surface area (Å²) in [7, 11) is 1.66. The van der Waals surface area contributed by atoms with Crippen molar-refractivity contribution in [1.29, 1.82) is 0 Å². The number of methoxy groups -OCH3 is 1. The average Bonchev–Trinajstić information content (AvgIpc) is 3.10. The quantitative estimate of drug-likeness (QED) is 0.536. The molecule has 0 saturated carbocycles. The van der Waals surface area contributed by atoms with Crippen molar-refractivity contribution in [3.63, 3.8) is 0 Å². The molecule has 138 valence electrons. The van der Waals surface area contributed by atoms with E-state index in [1.54, 1.807) is 19.2 Å². The summed E-state index contributed by atoms with van der Waals surface area (Å²) in [6.45, 7) is 1.47. The minimum absolute atomic E-state index is 0. The number of halogens is 3. The number of ether oxygens (including phenoxy) is 1. The van der Waals surface area contributed by atoms with E-state index < -0.39 is 5.82 Å². The molecule has 0 unspecified atom stereocenters. The first-order valence-corrected chi connectivity index (χ1v) is 8.41. The SMILES string of the molecule is COc1ccc(CCNCc2ccc(-c3ccc(F)c(Cl)c3)o2)cc1.Cl. The molecule has 0 aliphatic carbocycles. The van der Waals surface area contributed by atoms with Crippen molar-refractivity contribution in [3.8, 4) is 17.1 Å². The number of nitrogens with one attached hydrogen (secondary N) is 1. The number of benzene rings is 2. The van der Waals surface area contributed by atoms with Crippen LogP contribution in [0.15, 0.2) is 59.0 Å². The molecule has 0 aliphatic rings. The van der Waals surface area contributed by atoms with E-state index in [4.69, 9.17) is 20.8 Å². The lowest BCUT2D eigenvalue weighted by Gasteiger charge is -2.05. The van der Waals surface area contributed by atoms with Crippen LogP contribution in [-0.4, -0.2) is 13.7 Å². The first-order chi connectivity index (χ1) is 12.2. The Morgan fingerprint density at radius 2 is 1.85 bits per heavy atom. The van der Waals surface area contributed by atoms with Crippen molar-refractivity contribution in [2.75, 3.05) is 13.7 Å². The van der Waals surface area contributed by atoms with Crippen LogP contribution in [0.3, 0.4) is 0 Å². The monoisotopic (exact) mass is 395 g/mol. The molecule has 3 nitrogen and oxygen atoms in total. The van der Waals surface area contributed by atoms with Crippen molar-refractivity contribution < 1.29 is 13.5 Å². The molecule has 0 aliphatic heterocycles. The van der Waals surface area contributed by atoms with E-state index in [9.17, 15) is 4.39 Å². The van der Waals surface area contributed by atoms with Gasteiger partial charge in [0.1, 0.15) is 23.1 Å². The molecule has 1 N–H and O–H groups in total. The molecule has 0 atom stereocenters. The van der Waals surface area contributed by atoms with Crippen molar-refractivity contribution in [3.05, 3.63) is 76.8 Å². The van der Waals surface area contributed by atoms with Crippen molar-refractivity contribution in [2.24, 2.45) is 0 Å². The van der Waals surface area contributed by atoms with E-state index in [0.717, 1.165) is 30.0 Å². The number of furan rings is 1. The van der Waals surface area contributed by atoms with Crippen LogP contribution in [0.1, 0.15) is 11.3 Å². The molecule has 1 heterocycles. The zero-order valence-electron chi connectivity index (χ0n) is 14.3. The molecule has 3 rings (SSSR count). The van der Waals surface area contributed by atoms with E-state index in [2.05, 4.69) is 17.4 Å². The van der Waals surface area contributed by atoms with Crippen molar-refractivity contribution in [2.45, 2.75) is 13.0 Å². The van der Waals surface area contributed by atoms with Gasteiger partial charge in [0, 0.05) is 5.56 Å². The molecule has 0 radical (unpaired) electrons. The third-order valence-electron chi connectivity index (χ3n) is 3.91. The Kier molecular flexibility index (Phi) is 7.51. The lowest BCUT2D eigenvalue weighted by Crippen LogP contribution is -2.16. The fourth-order valence-corrected chi connectivity index (χ4v) is 2.69. The van der Waals surface area contributed by atoms with Crippen LogP contribution >= 0.6 is 24.0 Å². The Morgan fingerprint density at radius 3 is 2.54 bits per heavy atom. The summed E-state index contributed by atoms with van der Waals surface area (Å²) in [5, 5.41) is 3.44. The fourth-order valence-electron chi connectivity index (χ4n) is 2.51. The lowest BCUT2D eigenvalue weighted by atomic mass is 10.1. The summed E-state index contributed by atoms with van der Waals surface area (Å²) in [6.07, 6.45) is 0.922. The summed E-state index contributed by atoms with van der Waals surface area (Å²) in [6, 6.07) is 16.4. The molecule has 26 heavy (non-hydrogen) atoms. The van der Waals surface area contributed by atoms with Gasteiger partial charge in [0.15, 0.2) is 0 Å². The van der Waals surface area contributed by atoms with E-state index in [1.165, 1.54) is 11.6 Å². The Labute approximate surface area is 163 Å². The van der Waals surface area contributed by atoms with Crippen molar-refractivity contribution >= 4 is 24.0 Å². The maximum atomic E-state index is 13.2. The molecule has 3 aromatic rings. The van der Waals surface area contributed by atoms with Gasteiger partial charge in [0.25, 0.3) is 0 Å². The van der Waals surface area contributed by atoms with Crippen LogP contribution in [0.2, 0.25) is 5.02 Å². The maximum absolute atomic E-state index is 13.2. The third kappa shape index (κ3) is 5.24. The van der Waals surface area contributed by atoms with Gasteiger partial charge in [-0.2, -0.15) is 0 Å². The lowest BCUT2D eigenvalue weighted by molar-refractivity contribution is 0.414. The minimum atomic E-state index is -0.433. The highest BCUT2D eigenvalue weighted by molar-refractivity contribution is 6.31. The van der Waals surface area contributed by atoms with Crippen LogP contribution in [0.5, 0.6) is 5.75 Å². The van der Waals surface area contributed by atoms with Crippen LogP contribution in [-0.2, 0) is 13.0 Å². The normalized spacial score (nSPS) is 10.4.